The van der Waals surface area contributed by atoms with E-state index in [0.29, 0.717) is 0 Å². The third-order valence-electron chi connectivity index (χ3n) is 5.76. The van der Waals surface area contributed by atoms with Crippen LogP contribution in [0.25, 0.3) is 0 Å². The van der Waals surface area contributed by atoms with E-state index in [4.69, 9.17) is 4.65 Å². The molecule has 1 fully saturated rings. The second-order valence-corrected chi connectivity index (χ2v) is 9.74. The number of hydrogen-bond acceptors (Lipinski definition) is 3. The van der Waals surface area contributed by atoms with Gasteiger partial charge in [-0.25, -0.2) is 0 Å². The average molecular weight is 343 g/mol. The summed E-state index contributed by atoms with van der Waals surface area (Å²) in [5.74, 6) is 0. The molecule has 1 heterocycles. The molecule has 1 radical (unpaired) electrons. The standard InChI is InChI=1S/C21H36BN2O/c1-19(2,3)21(7,8)25-22-17-10-9-11-18(16-17)23-12-14-24(15-13-23)20(4,5)6/h9-11,16H,12-15H2,1-8H3. The lowest BCUT2D eigenvalue weighted by Crippen LogP contribution is -2.53. The summed E-state index contributed by atoms with van der Waals surface area (Å²) in [4.78, 5) is 5.04. The molecule has 0 aliphatic carbocycles. The summed E-state index contributed by atoms with van der Waals surface area (Å²) in [6.45, 7) is 22.2. The van der Waals surface area contributed by atoms with Gasteiger partial charge in [-0.15, -0.1) is 0 Å². The molecular weight excluding hydrogens is 307 g/mol. The number of rotatable bonds is 4. The van der Waals surface area contributed by atoms with Crippen molar-refractivity contribution in [3.05, 3.63) is 24.3 Å². The normalized spacial score (nSPS) is 17.7. The Morgan fingerprint density at radius 1 is 0.880 bits per heavy atom. The topological polar surface area (TPSA) is 15.7 Å². The van der Waals surface area contributed by atoms with Crippen LogP contribution in [0.3, 0.4) is 0 Å². The van der Waals surface area contributed by atoms with Crippen LogP contribution in [-0.4, -0.2) is 49.7 Å². The first-order valence-corrected chi connectivity index (χ1v) is 9.51. The van der Waals surface area contributed by atoms with Crippen molar-refractivity contribution in [2.75, 3.05) is 31.1 Å². The summed E-state index contributed by atoms with van der Waals surface area (Å²) < 4.78 is 6.13. The summed E-state index contributed by atoms with van der Waals surface area (Å²) in [6, 6.07) is 8.70. The number of nitrogens with zero attached hydrogens (tertiary/aromatic N) is 2. The molecule has 0 aromatic heterocycles. The SMILES string of the molecule is CC(C)(C)N1CCN(c2cccc([B]OC(C)(C)C(C)(C)C)c2)CC1. The largest absolute Gasteiger partial charge is 0.429 e. The maximum absolute atomic E-state index is 6.13. The smallest absolute Gasteiger partial charge is 0.330 e. The van der Waals surface area contributed by atoms with Gasteiger partial charge in [0.15, 0.2) is 0 Å². The molecule has 3 nitrogen and oxygen atoms in total. The average Bonchev–Trinajstić information content (AvgIpc) is 2.51. The molecule has 0 spiro atoms. The van der Waals surface area contributed by atoms with Crippen molar-refractivity contribution in [1.29, 1.82) is 0 Å². The van der Waals surface area contributed by atoms with Crippen molar-refractivity contribution in [3.63, 3.8) is 0 Å². The molecule has 2 rings (SSSR count). The highest BCUT2D eigenvalue weighted by molar-refractivity contribution is 6.47. The number of benzene rings is 1. The maximum atomic E-state index is 6.13. The van der Waals surface area contributed by atoms with Crippen LogP contribution in [0, 0.1) is 5.41 Å². The van der Waals surface area contributed by atoms with Gasteiger partial charge in [0.25, 0.3) is 0 Å². The van der Waals surface area contributed by atoms with E-state index >= 15 is 0 Å². The zero-order chi connectivity index (χ0) is 18.9. The molecule has 139 valence electrons. The summed E-state index contributed by atoms with van der Waals surface area (Å²) in [6.07, 6.45) is 0. The maximum Gasteiger partial charge on any atom is 0.330 e. The van der Waals surface area contributed by atoms with Crippen LogP contribution in [0.4, 0.5) is 5.69 Å². The van der Waals surface area contributed by atoms with Crippen molar-refractivity contribution in [2.24, 2.45) is 5.41 Å². The van der Waals surface area contributed by atoms with Crippen molar-refractivity contribution < 1.29 is 4.65 Å². The van der Waals surface area contributed by atoms with Crippen LogP contribution in [-0.2, 0) is 4.65 Å². The zero-order valence-corrected chi connectivity index (χ0v) is 17.5. The van der Waals surface area contributed by atoms with Gasteiger partial charge < -0.3 is 9.55 Å². The van der Waals surface area contributed by atoms with E-state index < -0.39 is 0 Å². The van der Waals surface area contributed by atoms with E-state index in [-0.39, 0.29) is 16.6 Å². The predicted molar refractivity (Wildman–Crippen MR) is 110 cm³/mol. The molecule has 1 aliphatic rings. The van der Waals surface area contributed by atoms with E-state index in [9.17, 15) is 0 Å². The van der Waals surface area contributed by atoms with Gasteiger partial charge in [-0.3, -0.25) is 4.90 Å². The molecule has 0 amide bonds. The number of piperazine rings is 1. The molecule has 1 aliphatic heterocycles. The Morgan fingerprint density at radius 3 is 2.00 bits per heavy atom. The third kappa shape index (κ3) is 5.24. The molecule has 1 saturated heterocycles. The Balaban J connectivity index is 1.98. The van der Waals surface area contributed by atoms with Crippen LogP contribution in [0.5, 0.6) is 0 Å². The molecule has 0 N–H and O–H groups in total. The van der Waals surface area contributed by atoms with Crippen molar-refractivity contribution in [2.45, 2.75) is 66.5 Å². The Labute approximate surface area is 156 Å². The van der Waals surface area contributed by atoms with E-state index in [1.165, 1.54) is 5.69 Å². The van der Waals surface area contributed by atoms with Gasteiger partial charge >= 0.3 is 7.48 Å². The molecule has 25 heavy (non-hydrogen) atoms. The highest BCUT2D eigenvalue weighted by Gasteiger charge is 2.33. The lowest BCUT2D eigenvalue weighted by Gasteiger charge is -2.43. The predicted octanol–water partition coefficient (Wildman–Crippen LogP) is 3.69. The van der Waals surface area contributed by atoms with Gasteiger partial charge in [0, 0.05) is 37.4 Å². The van der Waals surface area contributed by atoms with Gasteiger partial charge in [0.2, 0.25) is 0 Å². The summed E-state index contributed by atoms with van der Waals surface area (Å²) in [7, 11) is 1.92. The first-order chi connectivity index (χ1) is 11.4. The Hall–Kier alpha value is -0.995. The highest BCUT2D eigenvalue weighted by Crippen LogP contribution is 2.32. The fourth-order valence-corrected chi connectivity index (χ4v) is 2.82. The van der Waals surface area contributed by atoms with Crippen molar-refractivity contribution in [1.82, 2.24) is 4.90 Å². The fraction of sp³-hybridized carbons (Fsp3) is 0.714. The van der Waals surface area contributed by atoms with Gasteiger partial charge in [-0.05, 0) is 52.2 Å². The minimum atomic E-state index is -0.207. The Bertz CT molecular complexity index is 564. The lowest BCUT2D eigenvalue weighted by molar-refractivity contribution is 0.00504. The first kappa shape index (κ1) is 20.3. The third-order valence-corrected chi connectivity index (χ3v) is 5.76. The van der Waals surface area contributed by atoms with Gasteiger partial charge in [-0.1, -0.05) is 38.4 Å². The number of anilines is 1. The van der Waals surface area contributed by atoms with Gasteiger partial charge in [0.1, 0.15) is 0 Å². The monoisotopic (exact) mass is 343 g/mol. The van der Waals surface area contributed by atoms with Gasteiger partial charge in [0.05, 0.1) is 5.60 Å². The summed E-state index contributed by atoms with van der Waals surface area (Å²) in [5.41, 5.74) is 2.56. The van der Waals surface area contributed by atoms with Crippen molar-refractivity contribution in [3.8, 4) is 0 Å². The number of hydrogen-bond donors (Lipinski definition) is 0. The van der Waals surface area contributed by atoms with E-state index in [0.717, 1.165) is 31.6 Å². The molecular formula is C21H36BN2O. The second-order valence-electron chi connectivity index (χ2n) is 9.74. The molecule has 0 saturated carbocycles. The minimum Gasteiger partial charge on any atom is -0.429 e. The molecule has 4 heteroatoms. The summed E-state index contributed by atoms with van der Waals surface area (Å²) >= 11 is 0. The van der Waals surface area contributed by atoms with Crippen LogP contribution in [0.1, 0.15) is 55.4 Å². The molecule has 1 aromatic rings. The van der Waals surface area contributed by atoms with Gasteiger partial charge in [-0.2, -0.15) is 0 Å². The van der Waals surface area contributed by atoms with Crippen LogP contribution in [0.2, 0.25) is 0 Å². The molecule has 1 aromatic carbocycles. The minimum absolute atomic E-state index is 0.0877. The quantitative estimate of drug-likeness (QED) is 0.776. The summed E-state index contributed by atoms with van der Waals surface area (Å²) in [5, 5.41) is 0. The van der Waals surface area contributed by atoms with Crippen LogP contribution >= 0.6 is 0 Å². The van der Waals surface area contributed by atoms with E-state index in [2.05, 4.69) is 89.5 Å². The van der Waals surface area contributed by atoms with Crippen molar-refractivity contribution >= 4 is 18.6 Å². The lowest BCUT2D eigenvalue weighted by atomic mass is 9.76. The van der Waals surface area contributed by atoms with E-state index in [1.54, 1.807) is 0 Å². The molecule has 0 atom stereocenters. The molecule has 0 bridgehead atoms. The first-order valence-electron chi connectivity index (χ1n) is 9.51. The molecule has 0 unspecified atom stereocenters. The van der Waals surface area contributed by atoms with Crippen LogP contribution in [0.15, 0.2) is 24.3 Å². The second kappa shape index (κ2) is 7.32. The zero-order valence-electron chi connectivity index (χ0n) is 17.5. The fourth-order valence-electron chi connectivity index (χ4n) is 2.82. The van der Waals surface area contributed by atoms with Crippen LogP contribution < -0.4 is 10.4 Å². The Morgan fingerprint density at radius 2 is 1.48 bits per heavy atom. The Kier molecular flexibility index (Phi) is 5.95. The van der Waals surface area contributed by atoms with E-state index in [1.807, 2.05) is 7.48 Å². The highest BCUT2D eigenvalue weighted by atomic mass is 16.5.